The molecule has 2 rings (SSSR count). The van der Waals surface area contributed by atoms with Gasteiger partial charge in [-0.15, -0.1) is 0 Å². The number of epoxide rings is 1. The maximum Gasteiger partial charge on any atom is 0.330 e. The van der Waals surface area contributed by atoms with Gasteiger partial charge in [0.2, 0.25) is 0 Å². The highest BCUT2D eigenvalue weighted by Gasteiger charge is 2.47. The van der Waals surface area contributed by atoms with Crippen LogP contribution in [0.4, 0.5) is 0 Å². The molecule has 3 atom stereocenters. The molecule has 0 aromatic rings. The minimum atomic E-state index is -0.872. The van der Waals surface area contributed by atoms with Crippen molar-refractivity contribution in [3.05, 3.63) is 12.2 Å². The summed E-state index contributed by atoms with van der Waals surface area (Å²) in [4.78, 5) is 10.6. The number of carboxylic acids is 1. The van der Waals surface area contributed by atoms with Gasteiger partial charge in [-0.05, 0) is 25.2 Å². The van der Waals surface area contributed by atoms with E-state index in [-0.39, 0.29) is 0 Å². The number of carboxylic acid groups (broad SMARTS) is 1. The van der Waals surface area contributed by atoms with Crippen molar-refractivity contribution in [2.24, 2.45) is 5.92 Å². The SMILES string of the molecule is C=C(CC1CCCC2OC12)C(=O)O. The zero-order chi connectivity index (χ0) is 9.42. The van der Waals surface area contributed by atoms with E-state index in [0.29, 0.717) is 30.1 Å². The number of aliphatic carboxylic acids is 1. The lowest BCUT2D eigenvalue weighted by Gasteiger charge is -2.17. The maximum absolute atomic E-state index is 10.6. The molecule has 2 fully saturated rings. The molecular weight excluding hydrogens is 168 g/mol. The highest BCUT2D eigenvalue weighted by Crippen LogP contribution is 2.42. The van der Waals surface area contributed by atoms with E-state index in [0.717, 1.165) is 12.8 Å². The average molecular weight is 182 g/mol. The van der Waals surface area contributed by atoms with Crippen LogP contribution in [0.25, 0.3) is 0 Å². The third kappa shape index (κ3) is 1.75. The van der Waals surface area contributed by atoms with E-state index in [1.807, 2.05) is 0 Å². The molecule has 0 spiro atoms. The first-order chi connectivity index (χ1) is 6.18. The molecule has 1 saturated heterocycles. The Morgan fingerprint density at radius 3 is 3.00 bits per heavy atom. The highest BCUT2D eigenvalue weighted by molar-refractivity contribution is 5.85. The molecule has 3 heteroatoms. The third-order valence-electron chi connectivity index (χ3n) is 2.96. The van der Waals surface area contributed by atoms with Gasteiger partial charge in [-0.2, -0.15) is 0 Å². The van der Waals surface area contributed by atoms with Gasteiger partial charge in [-0.1, -0.05) is 13.0 Å². The largest absolute Gasteiger partial charge is 0.478 e. The summed E-state index contributed by atoms with van der Waals surface area (Å²) in [5.41, 5.74) is 0.321. The van der Waals surface area contributed by atoms with Gasteiger partial charge < -0.3 is 9.84 Å². The van der Waals surface area contributed by atoms with E-state index in [4.69, 9.17) is 9.84 Å². The zero-order valence-corrected chi connectivity index (χ0v) is 7.53. The quantitative estimate of drug-likeness (QED) is 0.532. The molecule has 2 aliphatic rings. The second kappa shape index (κ2) is 3.14. The molecule has 3 nitrogen and oxygen atoms in total. The van der Waals surface area contributed by atoms with Crippen molar-refractivity contribution in [2.75, 3.05) is 0 Å². The number of rotatable bonds is 3. The minimum Gasteiger partial charge on any atom is -0.478 e. The fourth-order valence-corrected chi connectivity index (χ4v) is 2.17. The Balaban J connectivity index is 1.87. The van der Waals surface area contributed by atoms with E-state index < -0.39 is 5.97 Å². The number of fused-ring (bicyclic) bond motifs is 1. The molecule has 1 aliphatic heterocycles. The lowest BCUT2D eigenvalue weighted by molar-refractivity contribution is -0.132. The molecule has 0 aromatic carbocycles. The molecular formula is C10H14O3. The summed E-state index contributed by atoms with van der Waals surface area (Å²) >= 11 is 0. The van der Waals surface area contributed by atoms with Crippen molar-refractivity contribution in [1.29, 1.82) is 0 Å². The van der Waals surface area contributed by atoms with Crippen LogP contribution in [-0.4, -0.2) is 23.3 Å². The predicted octanol–water partition coefficient (Wildman–Crippen LogP) is 1.58. The second-order valence-corrected chi connectivity index (χ2v) is 3.94. The van der Waals surface area contributed by atoms with Crippen molar-refractivity contribution in [2.45, 2.75) is 37.9 Å². The Morgan fingerprint density at radius 1 is 1.54 bits per heavy atom. The van der Waals surface area contributed by atoms with Crippen LogP contribution in [0.15, 0.2) is 12.2 Å². The van der Waals surface area contributed by atoms with Crippen LogP contribution < -0.4 is 0 Å². The van der Waals surface area contributed by atoms with Gasteiger partial charge in [-0.3, -0.25) is 0 Å². The molecule has 1 heterocycles. The fourth-order valence-electron chi connectivity index (χ4n) is 2.17. The molecule has 72 valence electrons. The predicted molar refractivity (Wildman–Crippen MR) is 47.4 cm³/mol. The van der Waals surface area contributed by atoms with Crippen LogP contribution in [-0.2, 0) is 9.53 Å². The van der Waals surface area contributed by atoms with Crippen LogP contribution in [0, 0.1) is 5.92 Å². The Bertz CT molecular complexity index is 247. The standard InChI is InChI=1S/C10H14O3/c1-6(10(11)12)5-7-3-2-4-8-9(7)13-8/h7-9H,1-5H2,(H,11,12). The van der Waals surface area contributed by atoms with Crippen molar-refractivity contribution in [3.8, 4) is 0 Å². The zero-order valence-electron chi connectivity index (χ0n) is 7.53. The lowest BCUT2D eigenvalue weighted by Crippen LogP contribution is -2.18. The number of carbonyl (C=O) groups is 1. The highest BCUT2D eigenvalue weighted by atomic mass is 16.6. The number of hydrogen-bond acceptors (Lipinski definition) is 2. The summed E-state index contributed by atoms with van der Waals surface area (Å²) in [6.07, 6.45) is 4.77. The van der Waals surface area contributed by atoms with Gasteiger partial charge in [0.15, 0.2) is 0 Å². The van der Waals surface area contributed by atoms with Gasteiger partial charge in [0, 0.05) is 5.57 Å². The second-order valence-electron chi connectivity index (χ2n) is 3.94. The first-order valence-corrected chi connectivity index (χ1v) is 4.75. The summed E-state index contributed by atoms with van der Waals surface area (Å²) in [6.45, 7) is 3.55. The normalized spacial score (nSPS) is 36.5. The smallest absolute Gasteiger partial charge is 0.330 e. The van der Waals surface area contributed by atoms with Crippen LogP contribution in [0.5, 0.6) is 0 Å². The Morgan fingerprint density at radius 2 is 2.31 bits per heavy atom. The van der Waals surface area contributed by atoms with Crippen LogP contribution in [0.1, 0.15) is 25.7 Å². The Hall–Kier alpha value is -0.830. The Kier molecular flexibility index (Phi) is 2.12. The molecule has 0 radical (unpaired) electrons. The molecule has 3 unspecified atom stereocenters. The summed E-state index contributed by atoms with van der Waals surface area (Å²) in [7, 11) is 0. The van der Waals surface area contributed by atoms with Gasteiger partial charge in [0.25, 0.3) is 0 Å². The van der Waals surface area contributed by atoms with Crippen LogP contribution >= 0.6 is 0 Å². The number of hydrogen-bond donors (Lipinski definition) is 1. The first kappa shape index (κ1) is 8.75. The summed E-state index contributed by atoms with van der Waals surface area (Å²) in [5, 5.41) is 8.67. The van der Waals surface area contributed by atoms with Crippen LogP contribution in [0.2, 0.25) is 0 Å². The first-order valence-electron chi connectivity index (χ1n) is 4.75. The topological polar surface area (TPSA) is 49.8 Å². The van der Waals surface area contributed by atoms with Crippen molar-refractivity contribution >= 4 is 5.97 Å². The number of ether oxygens (including phenoxy) is 1. The summed E-state index contributed by atoms with van der Waals surface area (Å²) in [5.74, 6) is -0.467. The van der Waals surface area contributed by atoms with Gasteiger partial charge in [0.1, 0.15) is 0 Å². The van der Waals surface area contributed by atoms with E-state index in [1.165, 1.54) is 6.42 Å². The van der Waals surface area contributed by atoms with Crippen molar-refractivity contribution in [1.82, 2.24) is 0 Å². The van der Waals surface area contributed by atoms with Crippen molar-refractivity contribution in [3.63, 3.8) is 0 Å². The molecule has 1 saturated carbocycles. The lowest BCUT2D eigenvalue weighted by atomic mass is 9.85. The van der Waals surface area contributed by atoms with Gasteiger partial charge >= 0.3 is 5.97 Å². The monoisotopic (exact) mass is 182 g/mol. The molecule has 0 aromatic heterocycles. The summed E-state index contributed by atoms with van der Waals surface area (Å²) < 4.78 is 5.44. The van der Waals surface area contributed by atoms with Gasteiger partial charge in [-0.25, -0.2) is 4.79 Å². The van der Waals surface area contributed by atoms with Crippen LogP contribution in [0.3, 0.4) is 0 Å². The molecule has 1 aliphatic carbocycles. The molecule has 0 bridgehead atoms. The Labute approximate surface area is 77.4 Å². The van der Waals surface area contributed by atoms with E-state index in [1.54, 1.807) is 0 Å². The van der Waals surface area contributed by atoms with E-state index in [9.17, 15) is 4.79 Å². The van der Waals surface area contributed by atoms with Crippen molar-refractivity contribution < 1.29 is 14.6 Å². The summed E-state index contributed by atoms with van der Waals surface area (Å²) in [6, 6.07) is 0. The van der Waals surface area contributed by atoms with Gasteiger partial charge in [0.05, 0.1) is 12.2 Å². The molecule has 1 N–H and O–H groups in total. The van der Waals surface area contributed by atoms with E-state index in [2.05, 4.69) is 6.58 Å². The fraction of sp³-hybridized carbons (Fsp3) is 0.700. The molecule has 13 heavy (non-hydrogen) atoms. The third-order valence-corrected chi connectivity index (χ3v) is 2.96. The minimum absolute atomic E-state index is 0.321. The molecule has 0 amide bonds. The average Bonchev–Trinajstić information content (AvgIpc) is 2.83. The maximum atomic E-state index is 10.6. The van der Waals surface area contributed by atoms with E-state index >= 15 is 0 Å².